The average molecular weight is 758 g/mol. The molecule has 0 spiro atoms. The van der Waals surface area contributed by atoms with Crippen molar-refractivity contribution in [1.82, 2.24) is 9.80 Å². The van der Waals surface area contributed by atoms with E-state index in [-0.39, 0.29) is 12.1 Å². The van der Waals surface area contributed by atoms with Crippen molar-refractivity contribution in [2.24, 2.45) is 0 Å². The van der Waals surface area contributed by atoms with Gasteiger partial charge in [-0.2, -0.15) is 8.78 Å². The predicted octanol–water partition coefficient (Wildman–Crippen LogP) is 4.40. The fraction of sp³-hybridized carbons (Fsp3) is 0.429. The number of benzene rings is 2. The third kappa shape index (κ3) is 12.5. The van der Waals surface area contributed by atoms with Crippen molar-refractivity contribution in [3.05, 3.63) is 77.7 Å². The third-order valence-corrected chi connectivity index (χ3v) is 8.72. The van der Waals surface area contributed by atoms with E-state index in [0.717, 1.165) is 70.0 Å². The van der Waals surface area contributed by atoms with E-state index in [2.05, 4.69) is 20.8 Å². The van der Waals surface area contributed by atoms with Crippen molar-refractivity contribution >= 4 is 29.6 Å². The fourth-order valence-corrected chi connectivity index (χ4v) is 6.41. The van der Waals surface area contributed by atoms with Gasteiger partial charge in [0.25, 0.3) is 0 Å². The summed E-state index contributed by atoms with van der Waals surface area (Å²) in [5.41, 5.74) is 1.12. The van der Waals surface area contributed by atoms with Crippen molar-refractivity contribution in [2.75, 3.05) is 51.3 Å². The molecule has 2 aromatic carbocycles. The monoisotopic (exact) mass is 757 g/mol. The summed E-state index contributed by atoms with van der Waals surface area (Å²) in [5, 5.41) is 31.2. The van der Waals surface area contributed by atoms with Crippen LogP contribution < -0.4 is 14.4 Å². The fourth-order valence-electron chi connectivity index (χ4n) is 6.41. The normalized spacial score (nSPS) is 20.0. The standard InChI is InChI=1S/C27H32F5N3O2.2C4H4O4/c1-36-21-6-3-2-5-20(21)34-13-11-33(12-14-34)9-4-10-35-17-7-8-18(35)16-19(15-17)37-27-25(31)23(29)22(28)24(30)26(27)32;2*5-3(6)1-2-4(7)8/h2-3,5-6,17-19H,4,7-16H2,1H3;2*1-2H,(H,5,6)(H,7,8)/b;2*2-1+/t17-,18+,19-;;. The van der Waals surface area contributed by atoms with Gasteiger partial charge < -0.3 is 34.8 Å². The molecular weight excluding hydrogens is 717 g/mol. The van der Waals surface area contributed by atoms with Crippen LogP contribution in [0.1, 0.15) is 32.1 Å². The van der Waals surface area contributed by atoms with Crippen LogP contribution in [0, 0.1) is 29.1 Å². The number of carboxylic acids is 4. The minimum Gasteiger partial charge on any atom is -0.495 e. The van der Waals surface area contributed by atoms with E-state index in [0.29, 0.717) is 37.1 Å². The number of hydrogen-bond acceptors (Lipinski definition) is 9. The highest BCUT2D eigenvalue weighted by molar-refractivity contribution is 5.90. The summed E-state index contributed by atoms with van der Waals surface area (Å²) in [4.78, 5) is 45.5. The number of piperidine rings is 1. The zero-order valence-electron chi connectivity index (χ0n) is 28.6. The van der Waals surface area contributed by atoms with Crippen LogP contribution in [-0.4, -0.2) is 119 Å². The first-order chi connectivity index (χ1) is 25.1. The van der Waals surface area contributed by atoms with Crippen molar-refractivity contribution in [3.63, 3.8) is 0 Å². The molecule has 5 rings (SSSR count). The lowest BCUT2D eigenvalue weighted by atomic mass is 9.99. The number of aliphatic carboxylic acids is 4. The second kappa shape index (κ2) is 20.1. The van der Waals surface area contributed by atoms with Gasteiger partial charge in [0.05, 0.1) is 12.8 Å². The number of rotatable bonds is 12. The maximum absolute atomic E-state index is 14.1. The molecule has 2 bridgehead atoms. The van der Waals surface area contributed by atoms with Crippen LogP contribution in [0.2, 0.25) is 0 Å². The molecule has 3 heterocycles. The Morgan fingerprint density at radius 1 is 0.698 bits per heavy atom. The SMILES string of the molecule is COc1ccccc1N1CCN(CCCN2[C@@H]3CC[C@H]2C[C@H](Oc2c(F)c(F)c(F)c(F)c2F)C3)CC1.O=C(O)/C=C/C(=O)O.O=C(O)/C=C/C(=O)O. The number of fused-ring (bicyclic) bond motifs is 2. The predicted molar refractivity (Wildman–Crippen MR) is 178 cm³/mol. The molecule has 0 saturated carbocycles. The van der Waals surface area contributed by atoms with Crippen LogP contribution >= 0.6 is 0 Å². The Kier molecular flexibility index (Phi) is 16.0. The van der Waals surface area contributed by atoms with Gasteiger partial charge in [-0.05, 0) is 57.3 Å². The number of hydrogen-bond donors (Lipinski definition) is 4. The third-order valence-electron chi connectivity index (χ3n) is 8.72. The zero-order valence-corrected chi connectivity index (χ0v) is 28.6. The van der Waals surface area contributed by atoms with Crippen molar-refractivity contribution < 1.29 is 71.0 Å². The summed E-state index contributed by atoms with van der Waals surface area (Å²) < 4.78 is 79.5. The second-order valence-corrected chi connectivity index (χ2v) is 12.1. The lowest BCUT2D eigenvalue weighted by Gasteiger charge is -2.40. The summed E-state index contributed by atoms with van der Waals surface area (Å²) >= 11 is 0. The zero-order chi connectivity index (χ0) is 39.2. The summed E-state index contributed by atoms with van der Waals surface area (Å²) in [6, 6.07) is 8.44. The molecule has 53 heavy (non-hydrogen) atoms. The number of piperazine rings is 1. The molecule has 0 aliphatic carbocycles. The maximum atomic E-state index is 14.1. The van der Waals surface area contributed by atoms with E-state index < -0.39 is 64.8 Å². The molecule has 0 unspecified atom stereocenters. The quantitative estimate of drug-likeness (QED) is 0.104. The van der Waals surface area contributed by atoms with Gasteiger partial charge in [-0.1, -0.05) is 12.1 Å². The Balaban J connectivity index is 0.000000395. The van der Waals surface area contributed by atoms with E-state index in [1.165, 1.54) is 0 Å². The molecule has 0 aromatic heterocycles. The van der Waals surface area contributed by atoms with Crippen molar-refractivity contribution in [1.29, 1.82) is 0 Å². The molecule has 0 amide bonds. The Morgan fingerprint density at radius 3 is 1.60 bits per heavy atom. The molecule has 3 saturated heterocycles. The molecular formula is C35H40F5N3O10. The Hall–Kier alpha value is -5.23. The number of carbonyl (C=O) groups is 4. The summed E-state index contributed by atoms with van der Waals surface area (Å²) in [6.07, 6.45) is 5.56. The Morgan fingerprint density at radius 2 is 1.15 bits per heavy atom. The molecule has 3 aliphatic rings. The van der Waals surface area contributed by atoms with Crippen LogP contribution in [0.3, 0.4) is 0 Å². The van der Waals surface area contributed by atoms with E-state index in [9.17, 15) is 41.1 Å². The largest absolute Gasteiger partial charge is 0.495 e. The first-order valence-electron chi connectivity index (χ1n) is 16.4. The summed E-state index contributed by atoms with van der Waals surface area (Å²) in [7, 11) is 1.69. The van der Waals surface area contributed by atoms with Crippen LogP contribution in [-0.2, 0) is 19.2 Å². The van der Waals surface area contributed by atoms with Crippen LogP contribution in [0.4, 0.5) is 27.6 Å². The highest BCUT2D eigenvalue weighted by Crippen LogP contribution is 2.39. The molecule has 3 atom stereocenters. The van der Waals surface area contributed by atoms with Gasteiger partial charge in [-0.3, -0.25) is 9.80 Å². The van der Waals surface area contributed by atoms with Crippen molar-refractivity contribution in [3.8, 4) is 11.5 Å². The summed E-state index contributed by atoms with van der Waals surface area (Å²) in [5.74, 6) is -15.2. The number of para-hydroxylation sites is 2. The van der Waals surface area contributed by atoms with Gasteiger partial charge in [0.1, 0.15) is 11.9 Å². The first kappa shape index (κ1) is 42.2. The average Bonchev–Trinajstić information content (AvgIpc) is 3.37. The van der Waals surface area contributed by atoms with Gasteiger partial charge in [0.2, 0.25) is 29.1 Å². The molecule has 3 aliphatic heterocycles. The van der Waals surface area contributed by atoms with E-state index in [4.69, 9.17) is 29.9 Å². The lowest BCUT2D eigenvalue weighted by Crippen LogP contribution is -2.49. The second-order valence-electron chi connectivity index (χ2n) is 12.1. The Bertz CT molecular complexity index is 1560. The van der Waals surface area contributed by atoms with Crippen LogP contribution in [0.15, 0.2) is 48.6 Å². The molecule has 2 aromatic rings. The maximum Gasteiger partial charge on any atom is 0.328 e. The number of anilines is 1. The number of nitrogens with zero attached hydrogens (tertiary/aromatic N) is 3. The van der Waals surface area contributed by atoms with Gasteiger partial charge in [0.15, 0.2) is 5.75 Å². The number of carboxylic acid groups (broad SMARTS) is 4. The molecule has 13 nitrogen and oxygen atoms in total. The van der Waals surface area contributed by atoms with E-state index >= 15 is 0 Å². The number of halogens is 5. The molecule has 18 heteroatoms. The van der Waals surface area contributed by atoms with Gasteiger partial charge in [-0.15, -0.1) is 0 Å². The Labute approximate surface area is 301 Å². The molecule has 290 valence electrons. The molecule has 4 N–H and O–H groups in total. The highest BCUT2D eigenvalue weighted by Gasteiger charge is 2.42. The summed E-state index contributed by atoms with van der Waals surface area (Å²) in [6.45, 7) is 5.72. The van der Waals surface area contributed by atoms with Gasteiger partial charge >= 0.3 is 23.9 Å². The van der Waals surface area contributed by atoms with Crippen LogP contribution in [0.25, 0.3) is 0 Å². The first-order valence-corrected chi connectivity index (χ1v) is 16.4. The van der Waals surface area contributed by atoms with Gasteiger partial charge in [-0.25, -0.2) is 32.3 Å². The van der Waals surface area contributed by atoms with E-state index in [1.54, 1.807) is 7.11 Å². The van der Waals surface area contributed by atoms with Crippen molar-refractivity contribution in [2.45, 2.75) is 50.3 Å². The molecule has 3 fully saturated rings. The lowest BCUT2D eigenvalue weighted by molar-refractivity contribution is -0.134. The van der Waals surface area contributed by atoms with Gasteiger partial charge in [0, 0.05) is 62.6 Å². The number of methoxy groups -OCH3 is 1. The minimum atomic E-state index is -2.17. The van der Waals surface area contributed by atoms with E-state index in [1.807, 2.05) is 18.2 Å². The molecule has 0 radical (unpaired) electrons. The topological polar surface area (TPSA) is 177 Å². The minimum absolute atomic E-state index is 0.187. The number of ether oxygens (including phenoxy) is 2. The highest BCUT2D eigenvalue weighted by atomic mass is 19.2. The van der Waals surface area contributed by atoms with Crippen LogP contribution in [0.5, 0.6) is 11.5 Å². The smallest absolute Gasteiger partial charge is 0.328 e.